The van der Waals surface area contributed by atoms with E-state index in [1.165, 1.54) is 0 Å². The topological polar surface area (TPSA) is 103 Å². The van der Waals surface area contributed by atoms with Gasteiger partial charge in [0.25, 0.3) is 0 Å². The lowest BCUT2D eigenvalue weighted by atomic mass is 10.1. The summed E-state index contributed by atoms with van der Waals surface area (Å²) in [4.78, 5) is 11.4. The van der Waals surface area contributed by atoms with E-state index in [9.17, 15) is 8.42 Å². The summed E-state index contributed by atoms with van der Waals surface area (Å²) in [5.74, 6) is 2.27. The number of anilines is 1. The van der Waals surface area contributed by atoms with Gasteiger partial charge in [0.2, 0.25) is 0 Å². The van der Waals surface area contributed by atoms with Gasteiger partial charge in [0.1, 0.15) is 17.7 Å². The normalized spacial score (nSPS) is 15.2. The third-order valence-corrected chi connectivity index (χ3v) is 7.89. The van der Waals surface area contributed by atoms with Crippen LogP contribution in [0, 0.1) is 0 Å². The Kier molecular flexibility index (Phi) is 5.99. The quantitative estimate of drug-likeness (QED) is 0.393. The van der Waals surface area contributed by atoms with Crippen LogP contribution in [0.2, 0.25) is 0 Å². The first-order valence-electron chi connectivity index (χ1n) is 11.5. The maximum Gasteiger partial charge on any atom is 0.324 e. The molecule has 0 N–H and O–H groups in total. The summed E-state index contributed by atoms with van der Waals surface area (Å²) < 4.78 is 37.8. The molecular weight excluding hydrogens is 454 g/mol. The predicted octanol–water partition coefficient (Wildman–Crippen LogP) is 3.81. The molecule has 4 aromatic rings. The standard InChI is InChI=1S/C24H27N5O4S/c1-3-22-26-24(33-27-22)28-12-10-18(11-13-28)32-19-5-8-23(25-16-19)29-14-9-17-15-20(6-7-21(17)29)34(30,31)4-2/h5-9,14-16,18H,3-4,10-13H2,1-2H3. The Bertz CT molecular complexity index is 1390. The minimum Gasteiger partial charge on any atom is -0.489 e. The summed E-state index contributed by atoms with van der Waals surface area (Å²) in [6.07, 6.45) is 6.20. The fourth-order valence-corrected chi connectivity index (χ4v) is 5.05. The van der Waals surface area contributed by atoms with E-state index in [0.29, 0.717) is 10.9 Å². The number of pyridine rings is 1. The number of rotatable bonds is 7. The van der Waals surface area contributed by atoms with Gasteiger partial charge in [-0.25, -0.2) is 13.4 Å². The summed E-state index contributed by atoms with van der Waals surface area (Å²) in [7, 11) is -3.24. The van der Waals surface area contributed by atoms with Crippen LogP contribution in [0.4, 0.5) is 6.01 Å². The van der Waals surface area contributed by atoms with Crippen molar-refractivity contribution in [2.45, 2.75) is 44.1 Å². The summed E-state index contributed by atoms with van der Waals surface area (Å²) in [5.41, 5.74) is 0.899. The summed E-state index contributed by atoms with van der Waals surface area (Å²) in [6, 6.07) is 11.5. The smallest absolute Gasteiger partial charge is 0.324 e. The number of fused-ring (bicyclic) bond motifs is 1. The average Bonchev–Trinajstić information content (AvgIpc) is 3.52. The van der Waals surface area contributed by atoms with E-state index in [-0.39, 0.29) is 11.9 Å². The number of nitrogens with zero attached hydrogens (tertiary/aromatic N) is 5. The largest absolute Gasteiger partial charge is 0.489 e. The Morgan fingerprint density at radius 1 is 1.12 bits per heavy atom. The maximum atomic E-state index is 12.2. The van der Waals surface area contributed by atoms with Crippen molar-refractivity contribution < 1.29 is 17.7 Å². The third-order valence-electron chi connectivity index (χ3n) is 6.16. The number of benzene rings is 1. The predicted molar refractivity (Wildman–Crippen MR) is 128 cm³/mol. The zero-order valence-corrected chi connectivity index (χ0v) is 20.0. The van der Waals surface area contributed by atoms with Gasteiger partial charge < -0.3 is 18.7 Å². The number of hydrogen-bond acceptors (Lipinski definition) is 8. The molecule has 0 atom stereocenters. The minimum atomic E-state index is -3.24. The molecule has 0 radical (unpaired) electrons. The second kappa shape index (κ2) is 9.09. The summed E-state index contributed by atoms with van der Waals surface area (Å²) in [6.45, 7) is 5.25. The van der Waals surface area contributed by atoms with Crippen LogP contribution in [0.1, 0.15) is 32.5 Å². The van der Waals surface area contributed by atoms with Crippen molar-refractivity contribution in [2.24, 2.45) is 0 Å². The molecule has 178 valence electrons. The molecule has 10 heteroatoms. The second-order valence-electron chi connectivity index (χ2n) is 8.31. The minimum absolute atomic E-state index is 0.0813. The van der Waals surface area contributed by atoms with E-state index >= 15 is 0 Å². The van der Waals surface area contributed by atoms with Crippen LogP contribution in [0.3, 0.4) is 0 Å². The first kappa shape index (κ1) is 22.4. The molecule has 4 heterocycles. The van der Waals surface area contributed by atoms with Crippen LogP contribution in [-0.4, -0.2) is 53.1 Å². The monoisotopic (exact) mass is 481 g/mol. The fraction of sp³-hybridized carbons (Fsp3) is 0.375. The van der Waals surface area contributed by atoms with Crippen LogP contribution < -0.4 is 9.64 Å². The molecule has 0 spiro atoms. The van der Waals surface area contributed by atoms with Gasteiger partial charge in [0, 0.05) is 43.9 Å². The van der Waals surface area contributed by atoms with Gasteiger partial charge in [0.15, 0.2) is 15.7 Å². The molecule has 0 amide bonds. The van der Waals surface area contributed by atoms with E-state index in [0.717, 1.165) is 60.6 Å². The van der Waals surface area contributed by atoms with Gasteiger partial charge >= 0.3 is 6.01 Å². The van der Waals surface area contributed by atoms with Crippen molar-refractivity contribution in [2.75, 3.05) is 23.7 Å². The molecule has 1 fully saturated rings. The zero-order chi connectivity index (χ0) is 23.7. The van der Waals surface area contributed by atoms with Crippen molar-refractivity contribution in [1.82, 2.24) is 19.7 Å². The number of piperidine rings is 1. The molecule has 1 saturated heterocycles. The molecule has 34 heavy (non-hydrogen) atoms. The number of aryl methyl sites for hydroxylation is 1. The second-order valence-corrected chi connectivity index (χ2v) is 10.6. The van der Waals surface area contributed by atoms with Crippen molar-refractivity contribution in [3.05, 3.63) is 54.6 Å². The molecule has 0 aliphatic carbocycles. The van der Waals surface area contributed by atoms with E-state index in [1.54, 1.807) is 25.3 Å². The van der Waals surface area contributed by atoms with Gasteiger partial charge in [-0.05, 0) is 36.4 Å². The van der Waals surface area contributed by atoms with Crippen molar-refractivity contribution >= 4 is 26.8 Å². The number of hydrogen-bond donors (Lipinski definition) is 0. The molecule has 0 unspecified atom stereocenters. The van der Waals surface area contributed by atoms with Crippen LogP contribution in [-0.2, 0) is 16.3 Å². The molecule has 1 aliphatic rings. The number of ether oxygens (including phenoxy) is 1. The summed E-state index contributed by atoms with van der Waals surface area (Å²) >= 11 is 0. The number of sulfone groups is 1. The van der Waals surface area contributed by atoms with Gasteiger partial charge in [-0.15, -0.1) is 0 Å². The Hall–Kier alpha value is -3.40. The third kappa shape index (κ3) is 4.37. The van der Waals surface area contributed by atoms with Crippen LogP contribution in [0.15, 0.2) is 58.2 Å². The highest BCUT2D eigenvalue weighted by atomic mass is 32.2. The number of aromatic nitrogens is 4. The maximum absolute atomic E-state index is 12.2. The molecule has 3 aromatic heterocycles. The van der Waals surface area contributed by atoms with E-state index < -0.39 is 9.84 Å². The van der Waals surface area contributed by atoms with Crippen molar-refractivity contribution in [1.29, 1.82) is 0 Å². The molecular formula is C24H27N5O4S. The Balaban J connectivity index is 1.24. The molecule has 1 aromatic carbocycles. The van der Waals surface area contributed by atoms with Gasteiger partial charge in [-0.2, -0.15) is 4.98 Å². The van der Waals surface area contributed by atoms with Crippen LogP contribution in [0.5, 0.6) is 5.75 Å². The van der Waals surface area contributed by atoms with Gasteiger partial charge in [-0.1, -0.05) is 19.0 Å². The highest BCUT2D eigenvalue weighted by Crippen LogP contribution is 2.26. The lowest BCUT2D eigenvalue weighted by Crippen LogP contribution is -2.38. The summed E-state index contributed by atoms with van der Waals surface area (Å²) in [5, 5.41) is 4.82. The lowest BCUT2D eigenvalue weighted by molar-refractivity contribution is 0.168. The Morgan fingerprint density at radius 2 is 1.94 bits per heavy atom. The lowest BCUT2D eigenvalue weighted by Gasteiger charge is -2.30. The van der Waals surface area contributed by atoms with E-state index in [1.807, 2.05) is 42.0 Å². The highest BCUT2D eigenvalue weighted by Gasteiger charge is 2.24. The zero-order valence-electron chi connectivity index (χ0n) is 19.2. The van der Waals surface area contributed by atoms with E-state index in [2.05, 4.69) is 20.0 Å². The van der Waals surface area contributed by atoms with Crippen molar-refractivity contribution in [3.8, 4) is 11.6 Å². The van der Waals surface area contributed by atoms with Crippen LogP contribution >= 0.6 is 0 Å². The fourth-order valence-electron chi connectivity index (χ4n) is 4.14. The first-order valence-corrected chi connectivity index (χ1v) is 13.2. The molecule has 9 nitrogen and oxygen atoms in total. The SMILES string of the molecule is CCc1noc(N2CCC(Oc3ccc(-n4ccc5cc(S(=O)(=O)CC)ccc54)nc3)CC2)n1. The average molecular weight is 482 g/mol. The van der Waals surface area contributed by atoms with Crippen molar-refractivity contribution in [3.63, 3.8) is 0 Å². The van der Waals surface area contributed by atoms with Gasteiger partial charge in [0.05, 0.1) is 22.4 Å². The molecule has 5 rings (SSSR count). The van der Waals surface area contributed by atoms with Gasteiger partial charge in [-0.3, -0.25) is 0 Å². The molecule has 0 saturated carbocycles. The molecule has 0 bridgehead atoms. The highest BCUT2D eigenvalue weighted by molar-refractivity contribution is 7.91. The first-order chi connectivity index (χ1) is 16.5. The Morgan fingerprint density at radius 3 is 2.62 bits per heavy atom. The van der Waals surface area contributed by atoms with Crippen LogP contribution in [0.25, 0.3) is 16.7 Å². The Labute approximate surface area is 198 Å². The van der Waals surface area contributed by atoms with E-state index in [4.69, 9.17) is 9.26 Å². The molecule has 1 aliphatic heterocycles.